The minimum Gasteiger partial charge on any atom is -0.353 e. The summed E-state index contributed by atoms with van der Waals surface area (Å²) in [6.45, 7) is 3.25. The second kappa shape index (κ2) is 9.82. The SMILES string of the molecule is CC(=O)c1ccc(S(=O)(=O)N2CCCCC2C(=O)NCC2CCCN2)cc1.Cl. The Morgan fingerprint density at radius 1 is 1.14 bits per heavy atom. The highest BCUT2D eigenvalue weighted by atomic mass is 35.5. The van der Waals surface area contributed by atoms with Crippen molar-refractivity contribution < 1.29 is 18.0 Å². The fraction of sp³-hybridized carbons (Fsp3) is 0.579. The highest BCUT2D eigenvalue weighted by molar-refractivity contribution is 7.89. The summed E-state index contributed by atoms with van der Waals surface area (Å²) in [4.78, 5) is 24.2. The zero-order valence-electron chi connectivity index (χ0n) is 16.0. The number of nitrogens with one attached hydrogen (secondary N) is 2. The minimum absolute atomic E-state index is 0. The lowest BCUT2D eigenvalue weighted by Gasteiger charge is -2.34. The van der Waals surface area contributed by atoms with Gasteiger partial charge >= 0.3 is 0 Å². The number of rotatable bonds is 6. The molecule has 0 bridgehead atoms. The van der Waals surface area contributed by atoms with E-state index in [0.29, 0.717) is 25.1 Å². The van der Waals surface area contributed by atoms with Crippen LogP contribution in [0.2, 0.25) is 0 Å². The number of benzene rings is 1. The van der Waals surface area contributed by atoms with Crippen molar-refractivity contribution in [2.24, 2.45) is 0 Å². The van der Waals surface area contributed by atoms with Crippen molar-refractivity contribution in [1.82, 2.24) is 14.9 Å². The molecule has 0 radical (unpaired) electrons. The van der Waals surface area contributed by atoms with Crippen LogP contribution >= 0.6 is 12.4 Å². The molecule has 9 heteroatoms. The first-order chi connectivity index (χ1) is 12.9. The molecule has 0 aromatic heterocycles. The summed E-state index contributed by atoms with van der Waals surface area (Å²) < 4.78 is 27.5. The Morgan fingerprint density at radius 2 is 1.86 bits per heavy atom. The van der Waals surface area contributed by atoms with Crippen molar-refractivity contribution >= 4 is 34.1 Å². The molecule has 2 aliphatic heterocycles. The molecule has 2 saturated heterocycles. The smallest absolute Gasteiger partial charge is 0.243 e. The first-order valence-corrected chi connectivity index (χ1v) is 11.0. The van der Waals surface area contributed by atoms with Gasteiger partial charge < -0.3 is 10.6 Å². The highest BCUT2D eigenvalue weighted by Gasteiger charge is 2.37. The quantitative estimate of drug-likeness (QED) is 0.671. The Hall–Kier alpha value is -1.48. The van der Waals surface area contributed by atoms with Gasteiger partial charge in [0, 0.05) is 24.7 Å². The van der Waals surface area contributed by atoms with Crippen molar-refractivity contribution in [3.8, 4) is 0 Å². The molecule has 0 spiro atoms. The molecule has 2 N–H and O–H groups in total. The van der Waals surface area contributed by atoms with Gasteiger partial charge in [-0.05, 0) is 51.3 Å². The van der Waals surface area contributed by atoms with E-state index in [0.717, 1.165) is 32.2 Å². The van der Waals surface area contributed by atoms with Crippen LogP contribution in [0.15, 0.2) is 29.2 Å². The van der Waals surface area contributed by atoms with Gasteiger partial charge in [-0.15, -0.1) is 12.4 Å². The van der Waals surface area contributed by atoms with Gasteiger partial charge in [0.05, 0.1) is 4.90 Å². The van der Waals surface area contributed by atoms with Gasteiger partial charge in [0.15, 0.2) is 5.78 Å². The monoisotopic (exact) mass is 429 g/mol. The van der Waals surface area contributed by atoms with Gasteiger partial charge in [0.1, 0.15) is 6.04 Å². The summed E-state index contributed by atoms with van der Waals surface area (Å²) in [5, 5.41) is 6.24. The van der Waals surface area contributed by atoms with Crippen LogP contribution in [0.25, 0.3) is 0 Å². The second-order valence-electron chi connectivity index (χ2n) is 7.25. The molecule has 7 nitrogen and oxygen atoms in total. The van der Waals surface area contributed by atoms with E-state index in [1.54, 1.807) is 0 Å². The Labute approximate surface area is 172 Å². The normalized spacial score (nSPS) is 23.0. The number of sulfonamides is 1. The summed E-state index contributed by atoms with van der Waals surface area (Å²) in [5.74, 6) is -0.345. The molecule has 3 rings (SSSR count). The summed E-state index contributed by atoms with van der Waals surface area (Å²) in [6, 6.07) is 5.50. The number of halogens is 1. The lowest BCUT2D eigenvalue weighted by atomic mass is 10.0. The van der Waals surface area contributed by atoms with E-state index in [2.05, 4.69) is 10.6 Å². The number of ketones is 1. The molecule has 28 heavy (non-hydrogen) atoms. The first kappa shape index (κ1) is 22.8. The maximum Gasteiger partial charge on any atom is 0.243 e. The lowest BCUT2D eigenvalue weighted by Crippen LogP contribution is -2.53. The van der Waals surface area contributed by atoms with Crippen LogP contribution in [-0.4, -0.2) is 56.1 Å². The molecular weight excluding hydrogens is 402 g/mol. The third-order valence-electron chi connectivity index (χ3n) is 5.31. The predicted molar refractivity (Wildman–Crippen MR) is 109 cm³/mol. The van der Waals surface area contributed by atoms with Gasteiger partial charge in [-0.25, -0.2) is 8.42 Å². The molecular formula is C19H28ClN3O4S. The number of nitrogens with zero attached hydrogens (tertiary/aromatic N) is 1. The number of hydrogen-bond acceptors (Lipinski definition) is 5. The number of Topliss-reactive ketones (excluding diaryl/α,β-unsaturated/α-hetero) is 1. The maximum absolute atomic E-state index is 13.1. The predicted octanol–water partition coefficient (Wildman–Crippen LogP) is 1.72. The van der Waals surface area contributed by atoms with Crippen LogP contribution in [0.1, 0.15) is 49.4 Å². The van der Waals surface area contributed by atoms with Crippen molar-refractivity contribution in [3.63, 3.8) is 0 Å². The molecule has 1 amide bonds. The molecule has 2 aliphatic rings. The zero-order chi connectivity index (χ0) is 19.4. The summed E-state index contributed by atoms with van der Waals surface area (Å²) in [5.41, 5.74) is 0.464. The van der Waals surface area contributed by atoms with E-state index >= 15 is 0 Å². The van der Waals surface area contributed by atoms with Crippen LogP contribution in [0.4, 0.5) is 0 Å². The molecule has 0 aliphatic carbocycles. The third kappa shape index (κ3) is 5.11. The number of amides is 1. The fourth-order valence-corrected chi connectivity index (χ4v) is 5.38. The highest BCUT2D eigenvalue weighted by Crippen LogP contribution is 2.26. The number of hydrogen-bond donors (Lipinski definition) is 2. The van der Waals surface area contributed by atoms with Gasteiger partial charge in [0.2, 0.25) is 15.9 Å². The molecule has 2 heterocycles. The number of carbonyl (C=O) groups excluding carboxylic acids is 2. The average Bonchev–Trinajstić information content (AvgIpc) is 3.20. The second-order valence-corrected chi connectivity index (χ2v) is 9.14. The van der Waals surface area contributed by atoms with Crippen LogP contribution in [-0.2, 0) is 14.8 Å². The van der Waals surface area contributed by atoms with E-state index in [-0.39, 0.29) is 35.0 Å². The number of piperidine rings is 1. The van der Waals surface area contributed by atoms with Crippen molar-refractivity contribution in [2.45, 2.75) is 56.0 Å². The van der Waals surface area contributed by atoms with Crippen LogP contribution in [0.3, 0.4) is 0 Å². The van der Waals surface area contributed by atoms with Crippen molar-refractivity contribution in [3.05, 3.63) is 29.8 Å². The van der Waals surface area contributed by atoms with Crippen molar-refractivity contribution in [1.29, 1.82) is 0 Å². The van der Waals surface area contributed by atoms with Gasteiger partial charge in [-0.2, -0.15) is 4.31 Å². The lowest BCUT2D eigenvalue weighted by molar-refractivity contribution is -0.125. The minimum atomic E-state index is -3.79. The molecule has 156 valence electrons. The zero-order valence-corrected chi connectivity index (χ0v) is 17.7. The van der Waals surface area contributed by atoms with E-state index in [9.17, 15) is 18.0 Å². The molecule has 2 atom stereocenters. The summed E-state index contributed by atoms with van der Waals surface area (Å²) >= 11 is 0. The van der Waals surface area contributed by atoms with Gasteiger partial charge in [-0.1, -0.05) is 18.6 Å². The van der Waals surface area contributed by atoms with Crippen LogP contribution in [0, 0.1) is 0 Å². The van der Waals surface area contributed by atoms with Crippen LogP contribution in [0.5, 0.6) is 0 Å². The molecule has 1 aromatic rings. The molecule has 1 aromatic carbocycles. The Morgan fingerprint density at radius 3 is 2.46 bits per heavy atom. The molecule has 2 fully saturated rings. The largest absolute Gasteiger partial charge is 0.353 e. The summed E-state index contributed by atoms with van der Waals surface area (Å²) in [7, 11) is -3.79. The van der Waals surface area contributed by atoms with Crippen molar-refractivity contribution in [2.75, 3.05) is 19.6 Å². The standard InChI is InChI=1S/C19H27N3O4S.ClH/c1-14(23)15-7-9-17(10-8-15)27(25,26)22-12-3-2-6-18(22)19(24)21-13-16-5-4-11-20-16;/h7-10,16,18,20H,2-6,11-13H2,1H3,(H,21,24);1H. The fourth-order valence-electron chi connectivity index (χ4n) is 3.72. The Balaban J connectivity index is 0.00000280. The maximum atomic E-state index is 13.1. The topological polar surface area (TPSA) is 95.6 Å². The molecule has 2 unspecified atom stereocenters. The Bertz CT molecular complexity index is 792. The van der Waals surface area contributed by atoms with Gasteiger partial charge in [-0.3, -0.25) is 9.59 Å². The van der Waals surface area contributed by atoms with E-state index in [1.807, 2.05) is 0 Å². The van der Waals surface area contributed by atoms with E-state index in [1.165, 1.54) is 35.5 Å². The number of carbonyl (C=O) groups is 2. The first-order valence-electron chi connectivity index (χ1n) is 9.53. The average molecular weight is 430 g/mol. The van der Waals surface area contributed by atoms with Crippen LogP contribution < -0.4 is 10.6 Å². The molecule has 0 saturated carbocycles. The van der Waals surface area contributed by atoms with E-state index < -0.39 is 16.1 Å². The third-order valence-corrected chi connectivity index (χ3v) is 7.23. The summed E-state index contributed by atoms with van der Waals surface area (Å²) in [6.07, 6.45) is 4.21. The van der Waals surface area contributed by atoms with E-state index in [4.69, 9.17) is 0 Å². The van der Waals surface area contributed by atoms with Gasteiger partial charge in [0.25, 0.3) is 0 Å². The Kier molecular flexibility index (Phi) is 8.00.